The highest BCUT2D eigenvalue weighted by molar-refractivity contribution is 5.33. The van der Waals surface area contributed by atoms with Gasteiger partial charge in [-0.25, -0.2) is 4.39 Å². The van der Waals surface area contributed by atoms with Gasteiger partial charge in [0.2, 0.25) is 5.82 Å². The van der Waals surface area contributed by atoms with Crippen LogP contribution < -0.4 is 4.74 Å². The predicted octanol–water partition coefficient (Wildman–Crippen LogP) is 8.19. The Labute approximate surface area is 175 Å². The summed E-state index contributed by atoms with van der Waals surface area (Å²) in [6.45, 7) is 4.59. The number of halogens is 2. The number of allylic oxidation sites excluding steroid dienone is 2. The zero-order chi connectivity index (χ0) is 20.6. The van der Waals surface area contributed by atoms with E-state index in [2.05, 4.69) is 26.0 Å². The van der Waals surface area contributed by atoms with Crippen molar-refractivity contribution in [3.63, 3.8) is 0 Å². The highest BCUT2D eigenvalue weighted by atomic mass is 19.2. The molecule has 162 valence electrons. The van der Waals surface area contributed by atoms with Gasteiger partial charge in [0.05, 0.1) is 6.61 Å². The third-order valence-electron chi connectivity index (χ3n) is 7.31. The van der Waals surface area contributed by atoms with Crippen molar-refractivity contribution in [1.29, 1.82) is 0 Å². The third kappa shape index (κ3) is 5.83. The SMILES string of the molecule is C/C=C\CC1CCC(C2CCC(c3ccc(OCCCC)c(F)c3F)CC2)CC1. The quantitative estimate of drug-likeness (QED) is 0.313. The second kappa shape index (κ2) is 11.1. The lowest BCUT2D eigenvalue weighted by Gasteiger charge is -2.38. The summed E-state index contributed by atoms with van der Waals surface area (Å²) in [6, 6.07) is 3.39. The smallest absolute Gasteiger partial charge is 0.200 e. The van der Waals surface area contributed by atoms with Crippen LogP contribution in [0.15, 0.2) is 24.3 Å². The predicted molar refractivity (Wildman–Crippen MR) is 116 cm³/mol. The lowest BCUT2D eigenvalue weighted by molar-refractivity contribution is 0.160. The maximum atomic E-state index is 14.7. The molecule has 2 saturated carbocycles. The molecule has 1 aromatic rings. The van der Waals surface area contributed by atoms with Crippen molar-refractivity contribution in [2.24, 2.45) is 17.8 Å². The van der Waals surface area contributed by atoms with Crippen molar-refractivity contribution in [3.05, 3.63) is 41.5 Å². The lowest BCUT2D eigenvalue weighted by Crippen LogP contribution is -2.25. The first-order valence-electron chi connectivity index (χ1n) is 11.9. The van der Waals surface area contributed by atoms with Gasteiger partial charge in [-0.1, -0.05) is 31.6 Å². The molecule has 3 heteroatoms. The highest BCUT2D eigenvalue weighted by Crippen LogP contribution is 2.45. The molecule has 29 heavy (non-hydrogen) atoms. The van der Waals surface area contributed by atoms with Crippen LogP contribution in [0.25, 0.3) is 0 Å². The van der Waals surface area contributed by atoms with E-state index in [0.717, 1.165) is 56.3 Å². The highest BCUT2D eigenvalue weighted by Gasteiger charge is 2.32. The number of hydrogen-bond donors (Lipinski definition) is 0. The number of benzene rings is 1. The van der Waals surface area contributed by atoms with E-state index < -0.39 is 11.6 Å². The molecular formula is C26H38F2O. The molecule has 1 nitrogen and oxygen atoms in total. The molecule has 1 aromatic carbocycles. The number of rotatable bonds is 8. The van der Waals surface area contributed by atoms with Crippen LogP contribution in [0.2, 0.25) is 0 Å². The van der Waals surface area contributed by atoms with Gasteiger partial charge in [0.15, 0.2) is 11.6 Å². The normalized spacial score (nSPS) is 28.0. The minimum Gasteiger partial charge on any atom is -0.490 e. The Bertz CT molecular complexity index is 653. The van der Waals surface area contributed by atoms with Crippen molar-refractivity contribution in [2.45, 2.75) is 90.4 Å². The van der Waals surface area contributed by atoms with Crippen LogP contribution in [-0.2, 0) is 0 Å². The van der Waals surface area contributed by atoms with E-state index in [0.29, 0.717) is 12.2 Å². The fourth-order valence-electron chi connectivity index (χ4n) is 5.43. The minimum absolute atomic E-state index is 0.0584. The average molecular weight is 405 g/mol. The second-order valence-electron chi connectivity index (χ2n) is 9.18. The molecule has 0 amide bonds. The molecule has 0 unspecified atom stereocenters. The van der Waals surface area contributed by atoms with Crippen LogP contribution in [0.3, 0.4) is 0 Å². The zero-order valence-corrected chi connectivity index (χ0v) is 18.3. The Morgan fingerprint density at radius 1 is 0.931 bits per heavy atom. The van der Waals surface area contributed by atoms with E-state index in [-0.39, 0.29) is 11.7 Å². The van der Waals surface area contributed by atoms with Crippen molar-refractivity contribution in [1.82, 2.24) is 0 Å². The molecule has 0 aromatic heterocycles. The van der Waals surface area contributed by atoms with Crippen molar-refractivity contribution >= 4 is 0 Å². The largest absolute Gasteiger partial charge is 0.490 e. The molecule has 0 radical (unpaired) electrons. The average Bonchev–Trinajstić information content (AvgIpc) is 2.76. The van der Waals surface area contributed by atoms with E-state index in [9.17, 15) is 8.78 Å². The molecular weight excluding hydrogens is 366 g/mol. The fourth-order valence-corrected chi connectivity index (χ4v) is 5.43. The first-order chi connectivity index (χ1) is 14.1. The number of hydrogen-bond acceptors (Lipinski definition) is 1. The van der Waals surface area contributed by atoms with Crippen LogP contribution in [0.5, 0.6) is 5.75 Å². The maximum absolute atomic E-state index is 14.7. The summed E-state index contributed by atoms with van der Waals surface area (Å²) in [7, 11) is 0. The summed E-state index contributed by atoms with van der Waals surface area (Å²) in [5.74, 6) is 1.20. The summed E-state index contributed by atoms with van der Waals surface area (Å²) in [5, 5.41) is 0. The Kier molecular flexibility index (Phi) is 8.56. The first kappa shape index (κ1) is 22.3. The van der Waals surface area contributed by atoms with Gasteiger partial charge in [-0.05, 0) is 106 Å². The fraction of sp³-hybridized carbons (Fsp3) is 0.692. The molecule has 0 aliphatic heterocycles. The van der Waals surface area contributed by atoms with E-state index in [1.54, 1.807) is 12.1 Å². The summed E-state index contributed by atoms with van der Waals surface area (Å²) in [6.07, 6.45) is 17.2. The third-order valence-corrected chi connectivity index (χ3v) is 7.31. The van der Waals surface area contributed by atoms with Crippen molar-refractivity contribution in [2.75, 3.05) is 6.61 Å². The van der Waals surface area contributed by atoms with Crippen LogP contribution in [0.4, 0.5) is 8.78 Å². The van der Waals surface area contributed by atoms with Gasteiger partial charge in [0, 0.05) is 0 Å². The summed E-state index contributed by atoms with van der Waals surface area (Å²) < 4.78 is 34.5. The number of ether oxygens (including phenoxy) is 1. The van der Waals surface area contributed by atoms with E-state index in [1.807, 2.05) is 0 Å². The molecule has 0 saturated heterocycles. The topological polar surface area (TPSA) is 9.23 Å². The van der Waals surface area contributed by atoms with Crippen LogP contribution in [-0.4, -0.2) is 6.61 Å². The molecule has 0 heterocycles. The maximum Gasteiger partial charge on any atom is 0.200 e. The van der Waals surface area contributed by atoms with Gasteiger partial charge < -0.3 is 4.74 Å². The van der Waals surface area contributed by atoms with Gasteiger partial charge in [-0.3, -0.25) is 0 Å². The van der Waals surface area contributed by atoms with Crippen LogP contribution in [0, 0.1) is 29.4 Å². The van der Waals surface area contributed by atoms with Crippen molar-refractivity contribution in [3.8, 4) is 5.75 Å². The molecule has 0 atom stereocenters. The Hall–Kier alpha value is -1.38. The van der Waals surface area contributed by atoms with Gasteiger partial charge in [0.1, 0.15) is 0 Å². The standard InChI is InChI=1S/C26H38F2O/c1-3-5-7-19-8-10-20(11-9-19)21-12-14-22(15-13-21)23-16-17-24(26(28)25(23)27)29-18-6-4-2/h3,5,16-17,19-22H,4,6-15,18H2,1-2H3/b5-3-. The van der Waals surface area contributed by atoms with E-state index >= 15 is 0 Å². The Morgan fingerprint density at radius 2 is 1.59 bits per heavy atom. The summed E-state index contributed by atoms with van der Waals surface area (Å²) >= 11 is 0. The van der Waals surface area contributed by atoms with Gasteiger partial charge >= 0.3 is 0 Å². The van der Waals surface area contributed by atoms with E-state index in [1.165, 1.54) is 32.1 Å². The Morgan fingerprint density at radius 3 is 2.21 bits per heavy atom. The molecule has 3 rings (SSSR count). The van der Waals surface area contributed by atoms with Crippen LogP contribution in [0.1, 0.15) is 96.0 Å². The Balaban J connectivity index is 1.51. The first-order valence-corrected chi connectivity index (χ1v) is 11.9. The van der Waals surface area contributed by atoms with Crippen molar-refractivity contribution < 1.29 is 13.5 Å². The lowest BCUT2D eigenvalue weighted by atomic mass is 9.68. The molecule has 2 aliphatic rings. The zero-order valence-electron chi connectivity index (χ0n) is 18.3. The summed E-state index contributed by atoms with van der Waals surface area (Å²) in [5.41, 5.74) is 0.554. The van der Waals surface area contributed by atoms with Gasteiger partial charge in [0.25, 0.3) is 0 Å². The minimum atomic E-state index is -0.805. The van der Waals surface area contributed by atoms with E-state index in [4.69, 9.17) is 4.74 Å². The molecule has 2 fully saturated rings. The van der Waals surface area contributed by atoms with Gasteiger partial charge in [-0.2, -0.15) is 4.39 Å². The molecule has 0 N–H and O–H groups in total. The second-order valence-corrected chi connectivity index (χ2v) is 9.18. The molecule has 0 bridgehead atoms. The van der Waals surface area contributed by atoms with Crippen LogP contribution >= 0.6 is 0 Å². The summed E-state index contributed by atoms with van der Waals surface area (Å²) in [4.78, 5) is 0. The number of unbranched alkanes of at least 4 members (excludes halogenated alkanes) is 1. The molecule has 0 spiro atoms. The monoisotopic (exact) mass is 404 g/mol. The molecule has 2 aliphatic carbocycles. The van der Waals surface area contributed by atoms with Gasteiger partial charge in [-0.15, -0.1) is 0 Å².